The first-order valence-electron chi connectivity index (χ1n) is 6.18. The first-order chi connectivity index (χ1) is 8.89. The van der Waals surface area contributed by atoms with E-state index in [1.165, 1.54) is 0 Å². The van der Waals surface area contributed by atoms with E-state index in [-0.39, 0.29) is 24.0 Å². The van der Waals surface area contributed by atoms with Gasteiger partial charge in [0.1, 0.15) is 0 Å². The van der Waals surface area contributed by atoms with Gasteiger partial charge in [0, 0.05) is 23.5 Å². The zero-order chi connectivity index (χ0) is 14.0. The highest BCUT2D eigenvalue weighted by Crippen LogP contribution is 2.17. The van der Waals surface area contributed by atoms with Crippen LogP contribution < -0.4 is 0 Å². The van der Waals surface area contributed by atoms with Gasteiger partial charge in [0.15, 0.2) is 9.84 Å². The van der Waals surface area contributed by atoms with Gasteiger partial charge in [0.25, 0.3) is 5.91 Å². The summed E-state index contributed by atoms with van der Waals surface area (Å²) in [4.78, 5) is 14.8. The Kier molecular flexibility index (Phi) is 4.20. The largest absolute Gasteiger partial charge is 0.338 e. The van der Waals surface area contributed by atoms with Crippen LogP contribution >= 0.6 is 12.6 Å². The summed E-state index contributed by atoms with van der Waals surface area (Å²) < 4.78 is 23.1. The Morgan fingerprint density at radius 2 is 2.00 bits per heavy atom. The van der Waals surface area contributed by atoms with E-state index in [0.717, 1.165) is 10.5 Å². The molecule has 1 aromatic rings. The predicted octanol–water partition coefficient (Wildman–Crippen LogP) is 1.54. The first-order valence-corrected chi connectivity index (χ1v) is 8.45. The second kappa shape index (κ2) is 5.54. The average Bonchev–Trinajstić information content (AvgIpc) is 2.52. The van der Waals surface area contributed by atoms with Crippen LogP contribution in [-0.2, 0) is 9.84 Å². The van der Waals surface area contributed by atoms with Gasteiger partial charge in [-0.1, -0.05) is 6.07 Å². The molecule has 0 aromatic heterocycles. The van der Waals surface area contributed by atoms with Crippen LogP contribution in [0, 0.1) is 6.92 Å². The van der Waals surface area contributed by atoms with Crippen molar-refractivity contribution in [3.05, 3.63) is 29.3 Å². The Morgan fingerprint density at radius 3 is 2.74 bits per heavy atom. The van der Waals surface area contributed by atoms with E-state index in [4.69, 9.17) is 0 Å². The van der Waals surface area contributed by atoms with E-state index in [1.54, 1.807) is 11.0 Å². The van der Waals surface area contributed by atoms with Crippen LogP contribution in [-0.4, -0.2) is 43.8 Å². The molecule has 104 valence electrons. The number of carbonyl (C=O) groups is 1. The van der Waals surface area contributed by atoms with E-state index in [2.05, 4.69) is 12.6 Å². The minimum Gasteiger partial charge on any atom is -0.338 e. The third-order valence-corrected chi connectivity index (χ3v) is 5.29. The highest BCUT2D eigenvalue weighted by molar-refractivity contribution is 7.91. The van der Waals surface area contributed by atoms with Crippen LogP contribution in [0.15, 0.2) is 23.1 Å². The van der Waals surface area contributed by atoms with Gasteiger partial charge in [0.05, 0.1) is 11.5 Å². The maximum Gasteiger partial charge on any atom is 0.254 e. The molecule has 0 unspecified atom stereocenters. The maximum absolute atomic E-state index is 12.4. The minimum atomic E-state index is -3.00. The third kappa shape index (κ3) is 3.51. The van der Waals surface area contributed by atoms with Crippen molar-refractivity contribution in [3.8, 4) is 0 Å². The molecule has 0 bridgehead atoms. The van der Waals surface area contributed by atoms with Crippen molar-refractivity contribution < 1.29 is 13.2 Å². The number of rotatable bonds is 1. The second-order valence-electron chi connectivity index (χ2n) is 4.80. The van der Waals surface area contributed by atoms with E-state index in [9.17, 15) is 13.2 Å². The Labute approximate surface area is 119 Å². The molecule has 0 radical (unpaired) electrons. The van der Waals surface area contributed by atoms with Gasteiger partial charge in [-0.2, -0.15) is 0 Å². The van der Waals surface area contributed by atoms with Crippen LogP contribution in [0.1, 0.15) is 22.3 Å². The SMILES string of the molecule is Cc1ccc(S)cc1C(=O)N1CCCS(=O)(=O)CC1. The summed E-state index contributed by atoms with van der Waals surface area (Å²) in [6.07, 6.45) is 0.508. The quantitative estimate of drug-likeness (QED) is 0.800. The monoisotopic (exact) mass is 299 g/mol. The lowest BCUT2D eigenvalue weighted by Gasteiger charge is -2.21. The van der Waals surface area contributed by atoms with Crippen LogP contribution in [0.4, 0.5) is 0 Å². The number of sulfone groups is 1. The van der Waals surface area contributed by atoms with Crippen molar-refractivity contribution in [2.45, 2.75) is 18.2 Å². The van der Waals surface area contributed by atoms with Crippen molar-refractivity contribution >= 4 is 28.4 Å². The molecule has 6 heteroatoms. The number of benzene rings is 1. The van der Waals surface area contributed by atoms with Crippen molar-refractivity contribution in [2.75, 3.05) is 24.6 Å². The van der Waals surface area contributed by atoms with Gasteiger partial charge >= 0.3 is 0 Å². The molecule has 1 aliphatic rings. The molecule has 2 rings (SSSR count). The maximum atomic E-state index is 12.4. The van der Waals surface area contributed by atoms with Crippen molar-refractivity contribution in [3.63, 3.8) is 0 Å². The summed E-state index contributed by atoms with van der Waals surface area (Å²) in [6, 6.07) is 5.42. The van der Waals surface area contributed by atoms with Gasteiger partial charge in [0.2, 0.25) is 0 Å². The van der Waals surface area contributed by atoms with Gasteiger partial charge in [-0.05, 0) is 31.0 Å². The van der Waals surface area contributed by atoms with Crippen molar-refractivity contribution in [2.24, 2.45) is 0 Å². The lowest BCUT2D eigenvalue weighted by atomic mass is 10.1. The molecule has 1 heterocycles. The molecular weight excluding hydrogens is 282 g/mol. The third-order valence-electron chi connectivity index (χ3n) is 3.29. The summed E-state index contributed by atoms with van der Waals surface area (Å²) in [6.45, 7) is 2.64. The molecule has 4 nitrogen and oxygen atoms in total. The number of amides is 1. The number of carbonyl (C=O) groups excluding carboxylic acids is 1. The molecule has 1 aliphatic heterocycles. The average molecular weight is 299 g/mol. The topological polar surface area (TPSA) is 54.5 Å². The number of nitrogens with zero attached hydrogens (tertiary/aromatic N) is 1. The summed E-state index contributed by atoms with van der Waals surface area (Å²) in [5.41, 5.74) is 1.49. The van der Waals surface area contributed by atoms with Gasteiger partial charge in [-0.3, -0.25) is 4.79 Å². The Hall–Kier alpha value is -1.01. The molecule has 19 heavy (non-hydrogen) atoms. The van der Waals surface area contributed by atoms with Crippen LogP contribution in [0.3, 0.4) is 0 Å². The van der Waals surface area contributed by atoms with E-state index < -0.39 is 9.84 Å². The highest BCUT2D eigenvalue weighted by Gasteiger charge is 2.24. The highest BCUT2D eigenvalue weighted by atomic mass is 32.2. The summed E-state index contributed by atoms with van der Waals surface area (Å²) in [7, 11) is -3.00. The molecule has 0 saturated carbocycles. The van der Waals surface area contributed by atoms with Gasteiger partial charge in [-0.15, -0.1) is 12.6 Å². The molecular formula is C13H17NO3S2. The minimum absolute atomic E-state index is 0.0539. The Balaban J connectivity index is 2.22. The second-order valence-corrected chi connectivity index (χ2v) is 7.62. The van der Waals surface area contributed by atoms with Crippen LogP contribution in [0.2, 0.25) is 0 Å². The lowest BCUT2D eigenvalue weighted by Crippen LogP contribution is -2.34. The van der Waals surface area contributed by atoms with E-state index in [0.29, 0.717) is 18.5 Å². The fourth-order valence-electron chi connectivity index (χ4n) is 2.15. The van der Waals surface area contributed by atoms with Crippen molar-refractivity contribution in [1.29, 1.82) is 0 Å². The fraction of sp³-hybridized carbons (Fsp3) is 0.462. The number of aryl methyl sites for hydroxylation is 1. The Morgan fingerprint density at radius 1 is 1.26 bits per heavy atom. The van der Waals surface area contributed by atoms with Crippen molar-refractivity contribution in [1.82, 2.24) is 4.90 Å². The van der Waals surface area contributed by atoms with E-state index in [1.807, 2.05) is 19.1 Å². The Bertz CT molecular complexity index is 596. The molecule has 1 fully saturated rings. The number of thiol groups is 1. The standard InChI is InChI=1S/C13H17NO3S2/c1-10-3-4-11(18)9-12(10)13(15)14-5-2-7-19(16,17)8-6-14/h3-4,9,18H,2,5-8H2,1H3. The van der Waals surface area contributed by atoms with Crippen LogP contribution in [0.5, 0.6) is 0 Å². The molecule has 0 atom stereocenters. The van der Waals surface area contributed by atoms with E-state index >= 15 is 0 Å². The molecule has 1 amide bonds. The zero-order valence-corrected chi connectivity index (χ0v) is 12.5. The zero-order valence-electron chi connectivity index (χ0n) is 10.8. The summed E-state index contributed by atoms with van der Waals surface area (Å²) in [5.74, 6) is 0.117. The molecule has 0 spiro atoms. The molecule has 1 aromatic carbocycles. The van der Waals surface area contributed by atoms with Gasteiger partial charge in [-0.25, -0.2) is 8.42 Å². The fourth-order valence-corrected chi connectivity index (χ4v) is 3.63. The number of hydrogen-bond donors (Lipinski definition) is 1. The molecule has 1 saturated heterocycles. The molecule has 0 N–H and O–H groups in total. The lowest BCUT2D eigenvalue weighted by molar-refractivity contribution is 0.0767. The first kappa shape index (κ1) is 14.4. The smallest absolute Gasteiger partial charge is 0.254 e. The van der Waals surface area contributed by atoms with Crippen LogP contribution in [0.25, 0.3) is 0 Å². The summed E-state index contributed by atoms with van der Waals surface area (Å²) >= 11 is 4.24. The number of hydrogen-bond acceptors (Lipinski definition) is 4. The summed E-state index contributed by atoms with van der Waals surface area (Å²) in [5, 5.41) is 0. The van der Waals surface area contributed by atoms with Gasteiger partial charge < -0.3 is 4.90 Å². The predicted molar refractivity (Wildman–Crippen MR) is 77.6 cm³/mol. The normalized spacial score (nSPS) is 18.9. The molecule has 0 aliphatic carbocycles.